The van der Waals surface area contributed by atoms with Gasteiger partial charge in [0, 0.05) is 0 Å². The van der Waals surface area contributed by atoms with Gasteiger partial charge in [0.1, 0.15) is 0 Å². The number of rotatable bonds is 2. The summed E-state index contributed by atoms with van der Waals surface area (Å²) in [6.45, 7) is 5.82. The molecule has 0 saturated heterocycles. The second kappa shape index (κ2) is 3.92. The number of esters is 1. The molecule has 5 nitrogen and oxygen atoms in total. The Morgan fingerprint density at radius 1 is 1.50 bits per heavy atom. The van der Waals surface area contributed by atoms with Gasteiger partial charge >= 0.3 is 5.97 Å². The van der Waals surface area contributed by atoms with Crippen molar-refractivity contribution in [2.75, 3.05) is 6.61 Å². The molecule has 0 N–H and O–H groups in total. The van der Waals surface area contributed by atoms with Crippen molar-refractivity contribution < 1.29 is 9.53 Å². The van der Waals surface area contributed by atoms with Crippen molar-refractivity contribution >= 4 is 11.6 Å². The SMILES string of the molecule is CCOC(=O)c1c(C)nc2cc(C)cnn12. The molecule has 5 heteroatoms. The summed E-state index contributed by atoms with van der Waals surface area (Å²) in [5.74, 6) is -0.385. The van der Waals surface area contributed by atoms with Crippen LogP contribution in [0.3, 0.4) is 0 Å². The Hall–Kier alpha value is -1.91. The Kier molecular flexibility index (Phi) is 2.60. The second-order valence-corrected chi connectivity index (χ2v) is 3.57. The Labute approximate surface area is 93.1 Å². The molecule has 16 heavy (non-hydrogen) atoms. The van der Waals surface area contributed by atoms with Gasteiger partial charge in [-0.2, -0.15) is 5.10 Å². The van der Waals surface area contributed by atoms with E-state index in [0.717, 1.165) is 5.56 Å². The predicted octanol–water partition coefficient (Wildman–Crippen LogP) is 1.52. The minimum absolute atomic E-state index is 0.345. The standard InChI is InChI=1S/C11H13N3O2/c1-4-16-11(15)10-8(3)13-9-5-7(2)6-12-14(9)10/h5-6H,4H2,1-3H3. The zero-order valence-electron chi connectivity index (χ0n) is 9.52. The second-order valence-electron chi connectivity index (χ2n) is 3.57. The van der Waals surface area contributed by atoms with E-state index < -0.39 is 0 Å². The van der Waals surface area contributed by atoms with Crippen LogP contribution in [0.4, 0.5) is 0 Å². The molecule has 0 spiro atoms. The molecule has 2 aromatic heterocycles. The van der Waals surface area contributed by atoms with Crippen molar-refractivity contribution in [2.24, 2.45) is 0 Å². The van der Waals surface area contributed by atoms with Crippen molar-refractivity contribution in [3.63, 3.8) is 0 Å². The average molecular weight is 219 g/mol. The van der Waals surface area contributed by atoms with Gasteiger partial charge in [-0.15, -0.1) is 0 Å². The maximum absolute atomic E-state index is 11.7. The molecule has 0 aromatic carbocycles. The first kappa shape index (κ1) is 10.6. The van der Waals surface area contributed by atoms with Crippen molar-refractivity contribution in [1.29, 1.82) is 0 Å². The van der Waals surface area contributed by atoms with E-state index >= 15 is 0 Å². The molecular weight excluding hydrogens is 206 g/mol. The third-order valence-corrected chi connectivity index (χ3v) is 2.26. The summed E-state index contributed by atoms with van der Waals surface area (Å²) in [7, 11) is 0. The molecule has 0 atom stereocenters. The van der Waals surface area contributed by atoms with Crippen molar-refractivity contribution in [2.45, 2.75) is 20.8 Å². The number of carbonyl (C=O) groups excluding carboxylic acids is 1. The summed E-state index contributed by atoms with van der Waals surface area (Å²) < 4.78 is 6.48. The van der Waals surface area contributed by atoms with Gasteiger partial charge in [0.05, 0.1) is 18.5 Å². The monoisotopic (exact) mass is 219 g/mol. The van der Waals surface area contributed by atoms with Gasteiger partial charge in [-0.25, -0.2) is 14.3 Å². The minimum Gasteiger partial charge on any atom is -0.461 e. The fourth-order valence-electron chi connectivity index (χ4n) is 1.57. The predicted molar refractivity (Wildman–Crippen MR) is 58.4 cm³/mol. The number of hydrogen-bond donors (Lipinski definition) is 0. The molecule has 0 bridgehead atoms. The number of fused-ring (bicyclic) bond motifs is 1. The third-order valence-electron chi connectivity index (χ3n) is 2.26. The van der Waals surface area contributed by atoms with Crippen LogP contribution in [0, 0.1) is 13.8 Å². The fourth-order valence-corrected chi connectivity index (χ4v) is 1.57. The van der Waals surface area contributed by atoms with Crippen LogP contribution >= 0.6 is 0 Å². The number of imidazole rings is 1. The van der Waals surface area contributed by atoms with Gasteiger partial charge in [0.25, 0.3) is 0 Å². The van der Waals surface area contributed by atoms with E-state index in [1.54, 1.807) is 20.0 Å². The molecule has 0 saturated carbocycles. The maximum atomic E-state index is 11.7. The van der Waals surface area contributed by atoms with Crippen molar-refractivity contribution in [1.82, 2.24) is 14.6 Å². The first-order valence-corrected chi connectivity index (χ1v) is 5.12. The van der Waals surface area contributed by atoms with Crippen LogP contribution in [0.1, 0.15) is 28.7 Å². The lowest BCUT2D eigenvalue weighted by Crippen LogP contribution is -2.10. The van der Waals surface area contributed by atoms with Crippen molar-refractivity contribution in [3.05, 3.63) is 29.2 Å². The van der Waals surface area contributed by atoms with E-state index in [2.05, 4.69) is 10.1 Å². The zero-order valence-corrected chi connectivity index (χ0v) is 9.52. The summed E-state index contributed by atoms with van der Waals surface area (Å²) in [6, 6.07) is 1.88. The Bertz CT molecular complexity index is 545. The molecule has 0 aliphatic carbocycles. The largest absolute Gasteiger partial charge is 0.461 e. The number of carbonyl (C=O) groups is 1. The molecule has 2 aromatic rings. The summed E-state index contributed by atoms with van der Waals surface area (Å²) in [5, 5.41) is 4.16. The molecule has 2 heterocycles. The lowest BCUT2D eigenvalue weighted by Gasteiger charge is -2.01. The lowest BCUT2D eigenvalue weighted by atomic mass is 10.3. The van der Waals surface area contributed by atoms with E-state index in [-0.39, 0.29) is 5.97 Å². The van der Waals surface area contributed by atoms with Crippen LogP contribution in [-0.4, -0.2) is 27.2 Å². The zero-order chi connectivity index (χ0) is 11.7. The minimum atomic E-state index is -0.385. The molecule has 0 aliphatic heterocycles. The molecule has 0 amide bonds. The average Bonchev–Trinajstić information content (AvgIpc) is 2.53. The highest BCUT2D eigenvalue weighted by Gasteiger charge is 2.18. The van der Waals surface area contributed by atoms with Crippen LogP contribution in [0.2, 0.25) is 0 Å². The summed E-state index contributed by atoms with van der Waals surface area (Å²) in [4.78, 5) is 16.0. The van der Waals surface area contributed by atoms with Crippen LogP contribution in [0.5, 0.6) is 0 Å². The molecule has 0 fully saturated rings. The highest BCUT2D eigenvalue weighted by atomic mass is 16.5. The van der Waals surface area contributed by atoms with Gasteiger partial charge in [-0.3, -0.25) is 0 Å². The number of ether oxygens (including phenoxy) is 1. The third kappa shape index (κ3) is 1.64. The van der Waals surface area contributed by atoms with E-state index in [0.29, 0.717) is 23.6 Å². The molecule has 84 valence electrons. The molecule has 2 rings (SSSR count). The number of hydrogen-bond acceptors (Lipinski definition) is 4. The van der Waals surface area contributed by atoms with Gasteiger partial charge in [0.15, 0.2) is 11.3 Å². The van der Waals surface area contributed by atoms with Crippen LogP contribution < -0.4 is 0 Å². The van der Waals surface area contributed by atoms with Crippen molar-refractivity contribution in [3.8, 4) is 0 Å². The maximum Gasteiger partial charge on any atom is 0.358 e. The van der Waals surface area contributed by atoms with Crippen LogP contribution in [0.15, 0.2) is 12.3 Å². The summed E-state index contributed by atoms with van der Waals surface area (Å²) in [6.07, 6.45) is 1.69. The lowest BCUT2D eigenvalue weighted by molar-refractivity contribution is 0.0516. The van der Waals surface area contributed by atoms with E-state index in [4.69, 9.17) is 4.74 Å². The molecule has 0 aliphatic rings. The van der Waals surface area contributed by atoms with E-state index in [1.165, 1.54) is 4.52 Å². The van der Waals surface area contributed by atoms with Gasteiger partial charge in [-0.1, -0.05) is 0 Å². The highest BCUT2D eigenvalue weighted by molar-refractivity contribution is 5.89. The molecular formula is C11H13N3O2. The number of aromatic nitrogens is 3. The van der Waals surface area contributed by atoms with Gasteiger partial charge in [0.2, 0.25) is 0 Å². The Balaban J connectivity index is 2.60. The van der Waals surface area contributed by atoms with Gasteiger partial charge < -0.3 is 4.74 Å². The topological polar surface area (TPSA) is 56.5 Å². The summed E-state index contributed by atoms with van der Waals surface area (Å²) >= 11 is 0. The van der Waals surface area contributed by atoms with Crippen LogP contribution in [0.25, 0.3) is 5.65 Å². The smallest absolute Gasteiger partial charge is 0.358 e. The number of aryl methyl sites for hydroxylation is 2. The first-order chi connectivity index (χ1) is 7.63. The molecule has 0 radical (unpaired) electrons. The number of nitrogens with zero attached hydrogens (tertiary/aromatic N) is 3. The van der Waals surface area contributed by atoms with E-state index in [9.17, 15) is 4.79 Å². The molecule has 0 unspecified atom stereocenters. The fraction of sp³-hybridized carbons (Fsp3) is 0.364. The quantitative estimate of drug-likeness (QED) is 0.718. The summed E-state index contributed by atoms with van der Waals surface area (Å²) in [5.41, 5.74) is 2.71. The van der Waals surface area contributed by atoms with E-state index in [1.807, 2.05) is 13.0 Å². The highest BCUT2D eigenvalue weighted by Crippen LogP contribution is 2.12. The Morgan fingerprint density at radius 2 is 2.25 bits per heavy atom. The first-order valence-electron chi connectivity index (χ1n) is 5.12. The van der Waals surface area contributed by atoms with Crippen LogP contribution in [-0.2, 0) is 4.74 Å². The Morgan fingerprint density at radius 3 is 2.94 bits per heavy atom. The van der Waals surface area contributed by atoms with Gasteiger partial charge in [-0.05, 0) is 32.4 Å². The normalized spacial score (nSPS) is 10.7.